The van der Waals surface area contributed by atoms with E-state index in [1.807, 2.05) is 4.90 Å². The molecular formula is C21H26N2O3. The first kappa shape index (κ1) is 19.5. The molecule has 0 atom stereocenters. The van der Waals surface area contributed by atoms with E-state index in [-0.39, 0.29) is 11.8 Å². The summed E-state index contributed by atoms with van der Waals surface area (Å²) in [6.07, 6.45) is 1.85. The summed E-state index contributed by atoms with van der Waals surface area (Å²) in [5.74, 6) is 0.526. The number of ether oxygens (including phenoxy) is 1. The van der Waals surface area contributed by atoms with Crippen LogP contribution in [-0.2, 0) is 0 Å². The molecule has 5 heteroatoms. The average Bonchev–Trinajstić information content (AvgIpc) is 2.68. The van der Waals surface area contributed by atoms with Crippen molar-refractivity contribution in [3.63, 3.8) is 0 Å². The van der Waals surface area contributed by atoms with E-state index >= 15 is 0 Å². The van der Waals surface area contributed by atoms with Crippen LogP contribution in [0.3, 0.4) is 0 Å². The highest BCUT2D eigenvalue weighted by Gasteiger charge is 2.15. The van der Waals surface area contributed by atoms with Gasteiger partial charge in [0, 0.05) is 29.9 Å². The minimum absolute atomic E-state index is 0.0100. The maximum atomic E-state index is 12.6. The number of methoxy groups -OCH3 is 1. The molecular weight excluding hydrogens is 328 g/mol. The van der Waals surface area contributed by atoms with Crippen molar-refractivity contribution in [3.05, 3.63) is 59.7 Å². The zero-order valence-electron chi connectivity index (χ0n) is 15.6. The van der Waals surface area contributed by atoms with Crippen molar-refractivity contribution in [3.8, 4) is 5.75 Å². The van der Waals surface area contributed by atoms with Crippen LogP contribution in [0.15, 0.2) is 48.5 Å². The largest absolute Gasteiger partial charge is 0.497 e. The van der Waals surface area contributed by atoms with Crippen molar-refractivity contribution in [1.82, 2.24) is 4.90 Å². The van der Waals surface area contributed by atoms with Crippen LogP contribution in [-0.4, -0.2) is 36.9 Å². The molecule has 2 aromatic rings. The van der Waals surface area contributed by atoms with Gasteiger partial charge in [-0.3, -0.25) is 9.59 Å². The highest BCUT2D eigenvalue weighted by Crippen LogP contribution is 2.16. The molecule has 0 aliphatic carbocycles. The third kappa shape index (κ3) is 5.09. The van der Waals surface area contributed by atoms with Gasteiger partial charge in [-0.1, -0.05) is 13.8 Å². The fraction of sp³-hybridized carbons (Fsp3) is 0.333. The molecule has 0 spiro atoms. The van der Waals surface area contributed by atoms with Gasteiger partial charge in [0.05, 0.1) is 7.11 Å². The van der Waals surface area contributed by atoms with Crippen molar-refractivity contribution in [2.75, 3.05) is 25.5 Å². The number of nitrogens with one attached hydrogen (secondary N) is 1. The number of benzene rings is 2. The second kappa shape index (κ2) is 9.61. The summed E-state index contributed by atoms with van der Waals surface area (Å²) in [5, 5.41) is 2.83. The molecule has 1 N–H and O–H groups in total. The predicted octanol–water partition coefficient (Wildman–Crippen LogP) is 4.21. The molecule has 0 radical (unpaired) electrons. The van der Waals surface area contributed by atoms with Crippen LogP contribution in [0.2, 0.25) is 0 Å². The van der Waals surface area contributed by atoms with Gasteiger partial charge in [-0.05, 0) is 61.4 Å². The smallest absolute Gasteiger partial charge is 0.255 e. The summed E-state index contributed by atoms with van der Waals surface area (Å²) < 4.78 is 5.10. The molecule has 0 saturated heterocycles. The van der Waals surface area contributed by atoms with E-state index in [4.69, 9.17) is 4.74 Å². The summed E-state index contributed by atoms with van der Waals surface area (Å²) in [4.78, 5) is 26.8. The number of carbonyl (C=O) groups is 2. The molecule has 0 aromatic heterocycles. The maximum absolute atomic E-state index is 12.6. The Bertz CT molecular complexity index is 718. The minimum atomic E-state index is -0.215. The first-order valence-corrected chi connectivity index (χ1v) is 8.93. The molecule has 138 valence electrons. The second-order valence-electron chi connectivity index (χ2n) is 6.05. The Morgan fingerprint density at radius 2 is 1.42 bits per heavy atom. The molecule has 0 saturated carbocycles. The number of rotatable bonds is 8. The minimum Gasteiger partial charge on any atom is -0.497 e. The molecule has 0 bridgehead atoms. The van der Waals surface area contributed by atoms with Gasteiger partial charge in [0.1, 0.15) is 5.75 Å². The Labute approximate surface area is 155 Å². The van der Waals surface area contributed by atoms with E-state index in [1.165, 1.54) is 0 Å². The lowest BCUT2D eigenvalue weighted by Gasteiger charge is -2.21. The van der Waals surface area contributed by atoms with E-state index in [1.54, 1.807) is 55.6 Å². The highest BCUT2D eigenvalue weighted by atomic mass is 16.5. The normalized spacial score (nSPS) is 10.3. The Kier molecular flexibility index (Phi) is 7.21. The fourth-order valence-corrected chi connectivity index (χ4v) is 2.68. The Morgan fingerprint density at radius 3 is 1.92 bits per heavy atom. The van der Waals surface area contributed by atoms with Crippen molar-refractivity contribution >= 4 is 17.5 Å². The average molecular weight is 354 g/mol. The highest BCUT2D eigenvalue weighted by molar-refractivity contribution is 6.05. The Morgan fingerprint density at radius 1 is 0.885 bits per heavy atom. The van der Waals surface area contributed by atoms with E-state index < -0.39 is 0 Å². The molecule has 0 unspecified atom stereocenters. The molecule has 2 amide bonds. The van der Waals surface area contributed by atoms with Crippen LogP contribution in [0.1, 0.15) is 47.4 Å². The zero-order chi connectivity index (χ0) is 18.9. The molecule has 0 fully saturated rings. The van der Waals surface area contributed by atoms with Gasteiger partial charge >= 0.3 is 0 Å². The number of nitrogens with zero attached hydrogens (tertiary/aromatic N) is 1. The molecule has 2 aromatic carbocycles. The Balaban J connectivity index is 2.05. The summed E-state index contributed by atoms with van der Waals surface area (Å²) in [5.41, 5.74) is 1.80. The lowest BCUT2D eigenvalue weighted by atomic mass is 10.1. The van der Waals surface area contributed by atoms with Gasteiger partial charge in [-0.15, -0.1) is 0 Å². The van der Waals surface area contributed by atoms with Crippen molar-refractivity contribution in [2.45, 2.75) is 26.7 Å². The molecule has 2 rings (SSSR count). The first-order chi connectivity index (χ1) is 12.6. The third-order valence-corrected chi connectivity index (χ3v) is 4.02. The second-order valence-corrected chi connectivity index (χ2v) is 6.05. The van der Waals surface area contributed by atoms with Gasteiger partial charge in [-0.2, -0.15) is 0 Å². The van der Waals surface area contributed by atoms with Gasteiger partial charge in [-0.25, -0.2) is 0 Å². The number of anilines is 1. The maximum Gasteiger partial charge on any atom is 0.255 e. The van der Waals surface area contributed by atoms with Gasteiger partial charge < -0.3 is 15.0 Å². The number of carbonyl (C=O) groups excluding carboxylic acids is 2. The monoisotopic (exact) mass is 354 g/mol. The number of hydrogen-bond acceptors (Lipinski definition) is 3. The van der Waals surface area contributed by atoms with Crippen LogP contribution >= 0.6 is 0 Å². The lowest BCUT2D eigenvalue weighted by Crippen LogP contribution is -2.32. The van der Waals surface area contributed by atoms with Crippen molar-refractivity contribution in [1.29, 1.82) is 0 Å². The summed E-state index contributed by atoms with van der Waals surface area (Å²) in [6, 6.07) is 13.9. The summed E-state index contributed by atoms with van der Waals surface area (Å²) in [7, 11) is 1.60. The van der Waals surface area contributed by atoms with Crippen molar-refractivity contribution < 1.29 is 14.3 Å². The van der Waals surface area contributed by atoms with Crippen LogP contribution in [0, 0.1) is 0 Å². The van der Waals surface area contributed by atoms with E-state index in [0.29, 0.717) is 16.8 Å². The first-order valence-electron chi connectivity index (χ1n) is 8.93. The van der Waals surface area contributed by atoms with Crippen LogP contribution < -0.4 is 10.1 Å². The Hall–Kier alpha value is -2.82. The number of amides is 2. The standard InChI is InChI=1S/C21H26N2O3/c1-4-14-23(15-5-2)21(25)17-8-6-16(7-9-17)20(24)22-18-10-12-19(26-3)13-11-18/h6-13H,4-5,14-15H2,1-3H3,(H,22,24). The molecule has 26 heavy (non-hydrogen) atoms. The van der Waals surface area contributed by atoms with Crippen LogP contribution in [0.5, 0.6) is 5.75 Å². The van der Waals surface area contributed by atoms with Crippen molar-refractivity contribution in [2.24, 2.45) is 0 Å². The molecule has 0 aliphatic heterocycles. The summed E-state index contributed by atoms with van der Waals surface area (Å²) >= 11 is 0. The van der Waals surface area contributed by atoms with E-state index in [2.05, 4.69) is 19.2 Å². The fourth-order valence-electron chi connectivity index (χ4n) is 2.68. The quantitative estimate of drug-likeness (QED) is 0.772. The van der Waals surface area contributed by atoms with Gasteiger partial charge in [0.25, 0.3) is 11.8 Å². The zero-order valence-corrected chi connectivity index (χ0v) is 15.6. The topological polar surface area (TPSA) is 58.6 Å². The summed E-state index contributed by atoms with van der Waals surface area (Å²) in [6.45, 7) is 5.60. The molecule has 0 heterocycles. The van der Waals surface area contributed by atoms with Crippen LogP contribution in [0.4, 0.5) is 5.69 Å². The molecule has 5 nitrogen and oxygen atoms in total. The predicted molar refractivity (Wildman–Crippen MR) is 104 cm³/mol. The number of hydrogen-bond donors (Lipinski definition) is 1. The van der Waals surface area contributed by atoms with Gasteiger partial charge in [0.15, 0.2) is 0 Å². The van der Waals surface area contributed by atoms with Gasteiger partial charge in [0.2, 0.25) is 0 Å². The third-order valence-electron chi connectivity index (χ3n) is 4.02. The SMILES string of the molecule is CCCN(CCC)C(=O)c1ccc(C(=O)Nc2ccc(OC)cc2)cc1. The van der Waals surface area contributed by atoms with Crippen LogP contribution in [0.25, 0.3) is 0 Å². The lowest BCUT2D eigenvalue weighted by molar-refractivity contribution is 0.0755. The van der Waals surface area contributed by atoms with E-state index in [9.17, 15) is 9.59 Å². The molecule has 0 aliphatic rings. The van der Waals surface area contributed by atoms with E-state index in [0.717, 1.165) is 31.7 Å².